The number of nitrogens with zero attached hydrogens (tertiary/aromatic N) is 3. The van der Waals surface area contributed by atoms with Crippen LogP contribution in [0.1, 0.15) is 0 Å². The van der Waals surface area contributed by atoms with Crippen LogP contribution >= 0.6 is 23.2 Å². The second-order valence-electron chi connectivity index (χ2n) is 3.81. The Balaban J connectivity index is 2.14. The molecule has 2 aromatic heterocycles. The summed E-state index contributed by atoms with van der Waals surface area (Å²) in [5, 5.41) is 0.607. The summed E-state index contributed by atoms with van der Waals surface area (Å²) in [4.78, 5) is 15.4. The molecule has 19 heavy (non-hydrogen) atoms. The van der Waals surface area contributed by atoms with Crippen LogP contribution in [0.2, 0.25) is 10.3 Å². The van der Waals surface area contributed by atoms with Crippen LogP contribution in [0, 0.1) is 0 Å². The van der Waals surface area contributed by atoms with Crippen molar-refractivity contribution in [3.63, 3.8) is 0 Å². The largest absolute Gasteiger partial charge is 0.342 e. The normalized spacial score (nSPS) is 10.6. The number of rotatable bonds is 2. The summed E-state index contributed by atoms with van der Waals surface area (Å²) in [5.74, 6) is 0.906. The van der Waals surface area contributed by atoms with Gasteiger partial charge in [0.15, 0.2) is 11.6 Å². The Hall–Kier alpha value is -1.91. The maximum Gasteiger partial charge on any atom is 0.198 e. The van der Waals surface area contributed by atoms with Crippen LogP contribution in [0.5, 0.6) is 0 Å². The summed E-state index contributed by atoms with van der Waals surface area (Å²) < 4.78 is 0. The van der Waals surface area contributed by atoms with E-state index in [4.69, 9.17) is 23.2 Å². The number of hydrogen-bond acceptors (Lipinski definition) is 3. The van der Waals surface area contributed by atoms with E-state index in [1.54, 1.807) is 12.4 Å². The molecule has 94 valence electrons. The Morgan fingerprint density at radius 2 is 1.63 bits per heavy atom. The van der Waals surface area contributed by atoms with E-state index in [0.29, 0.717) is 27.5 Å². The van der Waals surface area contributed by atoms with E-state index in [0.717, 1.165) is 5.56 Å². The summed E-state index contributed by atoms with van der Waals surface area (Å²) in [5.41, 5.74) is 1.50. The predicted molar refractivity (Wildman–Crippen MR) is 75.1 cm³/mol. The van der Waals surface area contributed by atoms with E-state index in [2.05, 4.69) is 19.9 Å². The van der Waals surface area contributed by atoms with E-state index in [-0.39, 0.29) is 0 Å². The van der Waals surface area contributed by atoms with Crippen LogP contribution in [0.4, 0.5) is 0 Å². The molecular formula is C13H8Cl2N4. The molecule has 0 fully saturated rings. The lowest BCUT2D eigenvalue weighted by Gasteiger charge is -2.07. The van der Waals surface area contributed by atoms with Crippen LogP contribution in [-0.4, -0.2) is 19.9 Å². The summed E-state index contributed by atoms with van der Waals surface area (Å²) in [6.45, 7) is 0. The minimum absolute atomic E-state index is 0.303. The van der Waals surface area contributed by atoms with Crippen LogP contribution < -0.4 is 0 Å². The lowest BCUT2D eigenvalue weighted by Crippen LogP contribution is -1.95. The molecule has 0 atom stereocenters. The number of hydrogen-bond donors (Lipinski definition) is 1. The van der Waals surface area contributed by atoms with Gasteiger partial charge in [0.25, 0.3) is 0 Å². The summed E-state index contributed by atoms with van der Waals surface area (Å²) in [7, 11) is 0. The third-order valence-electron chi connectivity index (χ3n) is 2.59. The first-order valence-corrected chi connectivity index (χ1v) is 6.29. The van der Waals surface area contributed by atoms with Gasteiger partial charge in [-0.2, -0.15) is 0 Å². The van der Waals surface area contributed by atoms with Crippen LogP contribution in [0.3, 0.4) is 0 Å². The average molecular weight is 291 g/mol. The smallest absolute Gasteiger partial charge is 0.198 e. The Morgan fingerprint density at radius 3 is 2.21 bits per heavy atom. The summed E-state index contributed by atoms with van der Waals surface area (Å²) in [6.07, 6.45) is 3.30. The Morgan fingerprint density at radius 1 is 0.947 bits per heavy atom. The van der Waals surface area contributed by atoms with Gasteiger partial charge in [-0.05, 0) is 5.56 Å². The van der Waals surface area contributed by atoms with Gasteiger partial charge in [-0.15, -0.1) is 0 Å². The predicted octanol–water partition coefficient (Wildman–Crippen LogP) is 3.84. The third-order valence-corrected chi connectivity index (χ3v) is 3.14. The topological polar surface area (TPSA) is 54.5 Å². The van der Waals surface area contributed by atoms with Gasteiger partial charge in [0.2, 0.25) is 0 Å². The van der Waals surface area contributed by atoms with Crippen molar-refractivity contribution in [2.24, 2.45) is 0 Å². The van der Waals surface area contributed by atoms with E-state index in [9.17, 15) is 0 Å². The van der Waals surface area contributed by atoms with Gasteiger partial charge in [-0.1, -0.05) is 53.5 Å². The standard InChI is InChI=1S/C13H8Cl2N4/c14-10-9(8-4-2-1-3-5-8)11(15)19-13(18-10)12-16-6-7-17-12/h1-7H,(H,16,17). The molecule has 1 N–H and O–H groups in total. The number of aromatic amines is 1. The van der Waals surface area contributed by atoms with Crippen LogP contribution in [0.15, 0.2) is 42.7 Å². The number of nitrogens with one attached hydrogen (secondary N) is 1. The van der Waals surface area contributed by atoms with Gasteiger partial charge in [-0.25, -0.2) is 15.0 Å². The van der Waals surface area contributed by atoms with Gasteiger partial charge in [0.05, 0.1) is 5.56 Å². The van der Waals surface area contributed by atoms with Gasteiger partial charge >= 0.3 is 0 Å². The zero-order valence-corrected chi connectivity index (χ0v) is 11.2. The van der Waals surface area contributed by atoms with Gasteiger partial charge in [0.1, 0.15) is 10.3 Å². The highest BCUT2D eigenvalue weighted by molar-refractivity contribution is 6.37. The maximum atomic E-state index is 6.21. The lowest BCUT2D eigenvalue weighted by molar-refractivity contribution is 1.12. The number of halogens is 2. The fourth-order valence-corrected chi connectivity index (χ4v) is 2.35. The molecule has 0 bridgehead atoms. The first-order valence-electron chi connectivity index (χ1n) is 5.54. The molecular weight excluding hydrogens is 283 g/mol. The minimum atomic E-state index is 0.303. The molecule has 3 rings (SSSR count). The minimum Gasteiger partial charge on any atom is -0.342 e. The third kappa shape index (κ3) is 2.32. The molecule has 6 heteroatoms. The lowest BCUT2D eigenvalue weighted by atomic mass is 10.1. The van der Waals surface area contributed by atoms with Crippen molar-refractivity contribution < 1.29 is 0 Å². The Labute approximate surface area is 119 Å². The average Bonchev–Trinajstić information content (AvgIpc) is 2.93. The van der Waals surface area contributed by atoms with E-state index in [1.807, 2.05) is 30.3 Å². The quantitative estimate of drug-likeness (QED) is 0.730. The van der Waals surface area contributed by atoms with E-state index in [1.165, 1.54) is 0 Å². The molecule has 0 saturated heterocycles. The second-order valence-corrected chi connectivity index (χ2v) is 4.52. The molecule has 1 aromatic carbocycles. The molecule has 0 saturated carbocycles. The Kier molecular flexibility index (Phi) is 3.19. The summed E-state index contributed by atoms with van der Waals surface area (Å²) in [6, 6.07) is 9.54. The Bertz CT molecular complexity index is 673. The number of imidazole rings is 1. The van der Waals surface area contributed by atoms with Crippen LogP contribution in [-0.2, 0) is 0 Å². The number of aromatic nitrogens is 4. The van der Waals surface area contributed by atoms with Gasteiger partial charge in [-0.3, -0.25) is 0 Å². The second kappa shape index (κ2) is 4.99. The van der Waals surface area contributed by atoms with E-state index >= 15 is 0 Å². The zero-order chi connectivity index (χ0) is 13.2. The van der Waals surface area contributed by atoms with Crippen molar-refractivity contribution in [3.8, 4) is 22.8 Å². The molecule has 0 unspecified atom stereocenters. The highest BCUT2D eigenvalue weighted by Gasteiger charge is 2.15. The molecule has 0 aliphatic rings. The van der Waals surface area contributed by atoms with Gasteiger partial charge < -0.3 is 4.98 Å². The van der Waals surface area contributed by atoms with Crippen molar-refractivity contribution in [2.45, 2.75) is 0 Å². The van der Waals surface area contributed by atoms with Crippen molar-refractivity contribution in [3.05, 3.63) is 53.0 Å². The van der Waals surface area contributed by atoms with Crippen molar-refractivity contribution in [1.29, 1.82) is 0 Å². The van der Waals surface area contributed by atoms with E-state index < -0.39 is 0 Å². The van der Waals surface area contributed by atoms with Crippen molar-refractivity contribution in [1.82, 2.24) is 19.9 Å². The molecule has 0 amide bonds. The molecule has 0 aliphatic heterocycles. The number of benzene rings is 1. The van der Waals surface area contributed by atoms with Crippen LogP contribution in [0.25, 0.3) is 22.8 Å². The molecule has 0 radical (unpaired) electrons. The first kappa shape index (κ1) is 12.1. The molecule has 0 aliphatic carbocycles. The zero-order valence-electron chi connectivity index (χ0n) is 9.64. The van der Waals surface area contributed by atoms with Crippen molar-refractivity contribution >= 4 is 23.2 Å². The molecule has 3 aromatic rings. The summed E-state index contributed by atoms with van der Waals surface area (Å²) >= 11 is 12.4. The molecule has 0 spiro atoms. The van der Waals surface area contributed by atoms with Gasteiger partial charge in [0, 0.05) is 12.4 Å². The maximum absolute atomic E-state index is 6.21. The van der Waals surface area contributed by atoms with Crippen molar-refractivity contribution in [2.75, 3.05) is 0 Å². The fraction of sp³-hybridized carbons (Fsp3) is 0. The fourth-order valence-electron chi connectivity index (χ4n) is 1.74. The molecule has 4 nitrogen and oxygen atoms in total. The highest BCUT2D eigenvalue weighted by atomic mass is 35.5. The first-order chi connectivity index (χ1) is 9.25. The molecule has 2 heterocycles. The SMILES string of the molecule is Clc1nc(-c2ncc[nH]2)nc(Cl)c1-c1ccccc1. The highest BCUT2D eigenvalue weighted by Crippen LogP contribution is 2.33. The number of H-pyrrole nitrogens is 1. The monoisotopic (exact) mass is 290 g/mol.